The summed E-state index contributed by atoms with van der Waals surface area (Å²) >= 11 is 0. The SMILES string of the molecule is COC(=O)c1cccc(S(=O)(=O)NCC(O)C(=O)OC)c1. The fraction of sp³-hybridized carbons (Fsp3) is 0.333. The van der Waals surface area contributed by atoms with Crippen molar-refractivity contribution in [3.63, 3.8) is 0 Å². The first-order valence-corrected chi connectivity index (χ1v) is 7.24. The fourth-order valence-electron chi connectivity index (χ4n) is 1.40. The van der Waals surface area contributed by atoms with Crippen molar-refractivity contribution in [1.82, 2.24) is 4.72 Å². The number of ether oxygens (including phenoxy) is 2. The molecule has 1 atom stereocenters. The van der Waals surface area contributed by atoms with Crippen LogP contribution in [0.5, 0.6) is 0 Å². The molecule has 1 rings (SSSR count). The number of hydrogen-bond donors (Lipinski definition) is 2. The molecular weight excluding hydrogens is 302 g/mol. The van der Waals surface area contributed by atoms with E-state index in [9.17, 15) is 23.1 Å². The lowest BCUT2D eigenvalue weighted by molar-refractivity contribution is -0.149. The number of aliphatic hydroxyl groups is 1. The van der Waals surface area contributed by atoms with Crippen LogP contribution in [0.4, 0.5) is 0 Å². The Labute approximate surface area is 121 Å². The van der Waals surface area contributed by atoms with Crippen LogP contribution in [0, 0.1) is 0 Å². The molecule has 21 heavy (non-hydrogen) atoms. The van der Waals surface area contributed by atoms with E-state index < -0.39 is 34.6 Å². The summed E-state index contributed by atoms with van der Waals surface area (Å²) in [5.41, 5.74) is 0.0638. The molecule has 0 fully saturated rings. The number of methoxy groups -OCH3 is 2. The summed E-state index contributed by atoms with van der Waals surface area (Å²) in [6.45, 7) is -0.544. The summed E-state index contributed by atoms with van der Waals surface area (Å²) in [6, 6.07) is 5.16. The Kier molecular flexibility index (Phi) is 5.82. The summed E-state index contributed by atoms with van der Waals surface area (Å²) in [7, 11) is -1.74. The van der Waals surface area contributed by atoms with Gasteiger partial charge in [-0.15, -0.1) is 0 Å². The minimum absolute atomic E-state index is 0.0638. The van der Waals surface area contributed by atoms with Crippen molar-refractivity contribution < 1.29 is 32.6 Å². The Morgan fingerprint density at radius 1 is 1.29 bits per heavy atom. The minimum atomic E-state index is -3.99. The van der Waals surface area contributed by atoms with Crippen LogP contribution in [-0.2, 0) is 24.3 Å². The zero-order valence-electron chi connectivity index (χ0n) is 11.4. The van der Waals surface area contributed by atoms with Gasteiger partial charge in [-0.2, -0.15) is 0 Å². The van der Waals surface area contributed by atoms with E-state index in [1.807, 2.05) is 4.72 Å². The van der Waals surface area contributed by atoms with Crippen molar-refractivity contribution in [3.05, 3.63) is 29.8 Å². The molecule has 0 saturated heterocycles. The fourth-order valence-corrected chi connectivity index (χ4v) is 2.48. The lowest BCUT2D eigenvalue weighted by Gasteiger charge is -2.11. The molecule has 0 heterocycles. The number of aliphatic hydroxyl groups excluding tert-OH is 1. The Morgan fingerprint density at radius 2 is 1.95 bits per heavy atom. The van der Waals surface area contributed by atoms with Gasteiger partial charge in [0.1, 0.15) is 0 Å². The van der Waals surface area contributed by atoms with E-state index in [0.717, 1.165) is 13.2 Å². The van der Waals surface area contributed by atoms with E-state index in [-0.39, 0.29) is 10.5 Å². The van der Waals surface area contributed by atoms with Crippen molar-refractivity contribution in [3.8, 4) is 0 Å². The Balaban J connectivity index is 2.88. The van der Waals surface area contributed by atoms with Crippen molar-refractivity contribution >= 4 is 22.0 Å². The molecule has 0 aliphatic carbocycles. The molecule has 0 spiro atoms. The Hall–Kier alpha value is -1.97. The summed E-state index contributed by atoms with van der Waals surface area (Å²) < 4.78 is 34.8. The van der Waals surface area contributed by atoms with E-state index in [1.54, 1.807) is 0 Å². The summed E-state index contributed by atoms with van der Waals surface area (Å²) in [6.07, 6.45) is -1.62. The number of rotatable bonds is 6. The third-order valence-corrected chi connectivity index (χ3v) is 3.93. The molecule has 1 unspecified atom stereocenters. The number of nitrogens with one attached hydrogen (secondary N) is 1. The van der Waals surface area contributed by atoms with Gasteiger partial charge in [-0.1, -0.05) is 6.07 Å². The van der Waals surface area contributed by atoms with Crippen LogP contribution < -0.4 is 4.72 Å². The standard InChI is InChI=1S/C12H15NO7S/c1-19-11(15)8-4-3-5-9(6-8)21(17,18)13-7-10(14)12(16)20-2/h3-6,10,13-14H,7H2,1-2H3. The summed E-state index contributed by atoms with van der Waals surface area (Å²) in [5.74, 6) is -1.64. The number of carbonyl (C=O) groups is 2. The van der Waals surface area contributed by atoms with Crippen LogP contribution in [0.2, 0.25) is 0 Å². The quantitative estimate of drug-likeness (QED) is 0.665. The van der Waals surface area contributed by atoms with E-state index in [2.05, 4.69) is 9.47 Å². The summed E-state index contributed by atoms with van der Waals surface area (Å²) in [5, 5.41) is 9.33. The third-order valence-electron chi connectivity index (χ3n) is 2.51. The normalized spacial score (nSPS) is 12.5. The molecule has 116 valence electrons. The van der Waals surface area contributed by atoms with Crippen LogP contribution in [-0.4, -0.2) is 52.3 Å². The molecule has 0 bridgehead atoms. The van der Waals surface area contributed by atoms with E-state index >= 15 is 0 Å². The molecule has 0 saturated carbocycles. The van der Waals surface area contributed by atoms with Gasteiger partial charge in [0.2, 0.25) is 10.0 Å². The average Bonchev–Trinajstić information content (AvgIpc) is 2.51. The molecule has 0 aromatic heterocycles. The van der Waals surface area contributed by atoms with Crippen LogP contribution >= 0.6 is 0 Å². The highest BCUT2D eigenvalue weighted by molar-refractivity contribution is 7.89. The molecule has 0 radical (unpaired) electrons. The minimum Gasteiger partial charge on any atom is -0.467 e. The zero-order chi connectivity index (χ0) is 16.0. The maximum absolute atomic E-state index is 12.0. The van der Waals surface area contributed by atoms with Crippen LogP contribution in [0.15, 0.2) is 29.2 Å². The lowest BCUT2D eigenvalue weighted by Crippen LogP contribution is -2.37. The molecule has 9 heteroatoms. The Bertz CT molecular complexity index is 626. The maximum atomic E-state index is 12.0. The van der Waals surface area contributed by atoms with Gasteiger partial charge in [-0.25, -0.2) is 22.7 Å². The first-order valence-electron chi connectivity index (χ1n) is 5.75. The first kappa shape index (κ1) is 17.1. The smallest absolute Gasteiger partial charge is 0.337 e. The molecule has 2 N–H and O–H groups in total. The highest BCUT2D eigenvalue weighted by Crippen LogP contribution is 2.12. The summed E-state index contributed by atoms with van der Waals surface area (Å²) in [4.78, 5) is 22.1. The topological polar surface area (TPSA) is 119 Å². The van der Waals surface area contributed by atoms with Gasteiger partial charge in [-0.3, -0.25) is 0 Å². The molecule has 0 aliphatic rings. The highest BCUT2D eigenvalue weighted by Gasteiger charge is 2.21. The largest absolute Gasteiger partial charge is 0.467 e. The second kappa shape index (κ2) is 7.16. The number of carbonyl (C=O) groups excluding carboxylic acids is 2. The van der Waals surface area contributed by atoms with Crippen LogP contribution in [0.1, 0.15) is 10.4 Å². The van der Waals surface area contributed by atoms with Crippen molar-refractivity contribution in [2.45, 2.75) is 11.0 Å². The third kappa shape index (κ3) is 4.52. The zero-order valence-corrected chi connectivity index (χ0v) is 12.2. The van der Waals surface area contributed by atoms with Crippen molar-refractivity contribution in [1.29, 1.82) is 0 Å². The van der Waals surface area contributed by atoms with Crippen LogP contribution in [0.3, 0.4) is 0 Å². The van der Waals surface area contributed by atoms with Crippen LogP contribution in [0.25, 0.3) is 0 Å². The molecule has 0 amide bonds. The molecule has 8 nitrogen and oxygen atoms in total. The van der Waals surface area contributed by atoms with Gasteiger partial charge in [-0.05, 0) is 18.2 Å². The Morgan fingerprint density at radius 3 is 2.52 bits per heavy atom. The van der Waals surface area contributed by atoms with Gasteiger partial charge >= 0.3 is 11.9 Å². The van der Waals surface area contributed by atoms with E-state index in [1.165, 1.54) is 25.3 Å². The second-order valence-electron chi connectivity index (χ2n) is 3.91. The van der Waals surface area contributed by atoms with Crippen molar-refractivity contribution in [2.75, 3.05) is 20.8 Å². The van der Waals surface area contributed by atoms with Crippen molar-refractivity contribution in [2.24, 2.45) is 0 Å². The first-order chi connectivity index (χ1) is 9.81. The number of esters is 2. The average molecular weight is 317 g/mol. The van der Waals surface area contributed by atoms with E-state index in [0.29, 0.717) is 0 Å². The predicted molar refractivity (Wildman–Crippen MR) is 71.0 cm³/mol. The highest BCUT2D eigenvalue weighted by atomic mass is 32.2. The van der Waals surface area contributed by atoms with Gasteiger partial charge in [0.25, 0.3) is 0 Å². The predicted octanol–water partition coefficient (Wildman–Crippen LogP) is -0.715. The molecule has 1 aromatic carbocycles. The van der Waals surface area contributed by atoms with Gasteiger partial charge in [0.15, 0.2) is 6.10 Å². The van der Waals surface area contributed by atoms with Gasteiger partial charge in [0, 0.05) is 6.54 Å². The second-order valence-corrected chi connectivity index (χ2v) is 5.68. The number of sulfonamides is 1. The van der Waals surface area contributed by atoms with Gasteiger partial charge in [0.05, 0.1) is 24.7 Å². The number of hydrogen-bond acceptors (Lipinski definition) is 7. The lowest BCUT2D eigenvalue weighted by atomic mass is 10.2. The molecule has 1 aromatic rings. The molecular formula is C12H15NO7S. The number of benzene rings is 1. The maximum Gasteiger partial charge on any atom is 0.337 e. The molecule has 0 aliphatic heterocycles. The van der Waals surface area contributed by atoms with E-state index in [4.69, 9.17) is 0 Å². The monoisotopic (exact) mass is 317 g/mol. The van der Waals surface area contributed by atoms with Gasteiger partial charge < -0.3 is 14.6 Å².